The monoisotopic (exact) mass is 436 g/mol. The predicted molar refractivity (Wildman–Crippen MR) is 81.7 cm³/mol. The number of halogens is 9. The van der Waals surface area contributed by atoms with E-state index in [0.29, 0.717) is 16.8 Å². The van der Waals surface area contributed by atoms with E-state index in [4.69, 9.17) is 11.6 Å². The fourth-order valence-corrected chi connectivity index (χ4v) is 2.22. The Morgan fingerprint density at radius 1 is 1.11 bits per heavy atom. The molecule has 0 saturated carbocycles. The summed E-state index contributed by atoms with van der Waals surface area (Å²) >= 11 is 5.65. The highest BCUT2D eigenvalue weighted by Gasteiger charge is 2.60. The number of nitrogens with one attached hydrogen (secondary N) is 1. The summed E-state index contributed by atoms with van der Waals surface area (Å²) in [6, 6.07) is 0.476. The molecule has 14 heteroatoms. The van der Waals surface area contributed by atoms with Crippen molar-refractivity contribution in [3.8, 4) is 0 Å². The van der Waals surface area contributed by atoms with E-state index in [-0.39, 0.29) is 12.6 Å². The number of aromatic nitrogens is 3. The van der Waals surface area contributed by atoms with Gasteiger partial charge >= 0.3 is 18.3 Å². The highest BCUT2D eigenvalue weighted by Crippen LogP contribution is 2.43. The smallest absolute Gasteiger partial charge is 0.309 e. The van der Waals surface area contributed by atoms with Crippen molar-refractivity contribution in [3.05, 3.63) is 45.0 Å². The van der Waals surface area contributed by atoms with E-state index in [1.165, 1.54) is 6.92 Å². The fourth-order valence-electron chi connectivity index (χ4n) is 2.00. The molecule has 0 amide bonds. The van der Waals surface area contributed by atoms with Crippen molar-refractivity contribution >= 4 is 23.4 Å². The molecule has 2 heterocycles. The molecule has 0 aliphatic heterocycles. The van der Waals surface area contributed by atoms with Crippen LogP contribution in [0.4, 0.5) is 46.9 Å². The molecule has 0 fully saturated rings. The summed E-state index contributed by atoms with van der Waals surface area (Å²) in [5, 5.41) is 1.49. The zero-order valence-electron chi connectivity index (χ0n) is 13.6. The zero-order valence-corrected chi connectivity index (χ0v) is 14.3. The summed E-state index contributed by atoms with van der Waals surface area (Å²) in [6.07, 6.45) is -10.4. The predicted octanol–water partition coefficient (Wildman–Crippen LogP) is 4.73. The van der Waals surface area contributed by atoms with Gasteiger partial charge in [-0.05, 0) is 13.0 Å². The third kappa shape index (κ3) is 4.18. The molecular weight excluding hydrogens is 428 g/mol. The number of rotatable bonds is 4. The van der Waals surface area contributed by atoms with Gasteiger partial charge in [0, 0.05) is 18.8 Å². The van der Waals surface area contributed by atoms with Crippen molar-refractivity contribution in [3.63, 3.8) is 0 Å². The van der Waals surface area contributed by atoms with E-state index in [0.717, 1.165) is 0 Å². The zero-order chi connectivity index (χ0) is 21.5. The first-order valence-electron chi connectivity index (χ1n) is 7.25. The van der Waals surface area contributed by atoms with Crippen LogP contribution in [0.3, 0.4) is 0 Å². The maximum absolute atomic E-state index is 13.5. The first-order chi connectivity index (χ1) is 12.7. The van der Waals surface area contributed by atoms with Gasteiger partial charge in [-0.15, -0.1) is 0 Å². The maximum atomic E-state index is 13.5. The van der Waals surface area contributed by atoms with Crippen molar-refractivity contribution in [2.45, 2.75) is 31.7 Å². The van der Waals surface area contributed by atoms with Crippen molar-refractivity contribution < 1.29 is 35.1 Å². The highest BCUT2D eigenvalue weighted by atomic mass is 35.5. The molecule has 0 radical (unpaired) electrons. The SMILES string of the molecule is CCn1c(Nc2ncc(C(F)(F)F)cc2Cl)nc(C(F)(F)C(F)(F)F)cc1=O. The fraction of sp³-hybridized carbons (Fsp3) is 0.357. The molecule has 2 rings (SSSR count). The van der Waals surface area contributed by atoms with Crippen LogP contribution in [0.1, 0.15) is 18.2 Å². The van der Waals surface area contributed by atoms with Gasteiger partial charge in [-0.25, -0.2) is 9.97 Å². The molecule has 2 aromatic heterocycles. The lowest BCUT2D eigenvalue weighted by molar-refractivity contribution is -0.291. The molecule has 28 heavy (non-hydrogen) atoms. The minimum Gasteiger partial charge on any atom is -0.309 e. The van der Waals surface area contributed by atoms with Gasteiger partial charge in [-0.2, -0.15) is 35.1 Å². The molecule has 0 aliphatic carbocycles. The molecule has 0 aliphatic rings. The normalized spacial score (nSPS) is 12.9. The standard InChI is InChI=1S/C14H9ClF8N4O/c1-2-27-9(28)4-8(12(16,17)14(21,22)23)25-11(27)26-10-7(15)3-6(5-24-10)13(18,19)20/h3-5H,2H2,1H3,(H,24,25,26). The molecular formula is C14H9ClF8N4O. The summed E-state index contributed by atoms with van der Waals surface area (Å²) in [5.41, 5.74) is -4.36. The number of hydrogen-bond donors (Lipinski definition) is 1. The first-order valence-corrected chi connectivity index (χ1v) is 7.63. The summed E-state index contributed by atoms with van der Waals surface area (Å²) in [4.78, 5) is 18.4. The molecule has 5 nitrogen and oxygen atoms in total. The number of anilines is 2. The number of hydrogen-bond acceptors (Lipinski definition) is 4. The second-order valence-corrected chi connectivity index (χ2v) is 5.70. The molecule has 0 unspecified atom stereocenters. The third-order valence-corrected chi connectivity index (χ3v) is 3.69. The quantitative estimate of drug-likeness (QED) is 0.704. The average Bonchev–Trinajstić information content (AvgIpc) is 2.54. The molecule has 0 saturated heterocycles. The van der Waals surface area contributed by atoms with Crippen LogP contribution < -0.4 is 10.9 Å². The van der Waals surface area contributed by atoms with Gasteiger partial charge in [0.2, 0.25) is 5.95 Å². The van der Waals surface area contributed by atoms with Crippen LogP contribution in [0, 0.1) is 0 Å². The summed E-state index contributed by atoms with van der Waals surface area (Å²) in [7, 11) is 0. The molecule has 0 aromatic carbocycles. The lowest BCUT2D eigenvalue weighted by Gasteiger charge is -2.21. The van der Waals surface area contributed by atoms with Crippen LogP contribution in [-0.4, -0.2) is 20.7 Å². The molecule has 0 bridgehead atoms. The van der Waals surface area contributed by atoms with Gasteiger partial charge in [-0.3, -0.25) is 9.36 Å². The Hall–Kier alpha value is -2.44. The summed E-state index contributed by atoms with van der Waals surface area (Å²) in [6.45, 7) is 1.15. The Kier molecular flexibility index (Phi) is 5.61. The second-order valence-electron chi connectivity index (χ2n) is 5.30. The highest BCUT2D eigenvalue weighted by molar-refractivity contribution is 6.33. The molecule has 1 N–H and O–H groups in total. The molecule has 154 valence electrons. The largest absolute Gasteiger partial charge is 0.459 e. The van der Waals surface area contributed by atoms with E-state index in [1.54, 1.807) is 0 Å². The van der Waals surface area contributed by atoms with Gasteiger partial charge in [0.05, 0.1) is 10.6 Å². The van der Waals surface area contributed by atoms with Gasteiger partial charge < -0.3 is 5.32 Å². The summed E-state index contributed by atoms with van der Waals surface area (Å²) < 4.78 is 103. The summed E-state index contributed by atoms with van der Waals surface area (Å²) in [5.74, 6) is -6.77. The minimum absolute atomic E-state index is 0.0178. The van der Waals surface area contributed by atoms with Crippen molar-refractivity contribution in [2.75, 3.05) is 5.32 Å². The molecule has 0 atom stereocenters. The van der Waals surface area contributed by atoms with Crippen molar-refractivity contribution in [2.24, 2.45) is 0 Å². The van der Waals surface area contributed by atoms with Crippen LogP contribution in [0.2, 0.25) is 5.02 Å². The van der Waals surface area contributed by atoms with Crippen LogP contribution in [-0.2, 0) is 18.6 Å². The van der Waals surface area contributed by atoms with E-state index in [2.05, 4.69) is 15.3 Å². The molecule has 0 spiro atoms. The van der Waals surface area contributed by atoms with Crippen LogP contribution in [0.15, 0.2) is 23.1 Å². The van der Waals surface area contributed by atoms with E-state index in [1.807, 2.05) is 0 Å². The van der Waals surface area contributed by atoms with Crippen molar-refractivity contribution in [1.82, 2.24) is 14.5 Å². The Morgan fingerprint density at radius 3 is 2.18 bits per heavy atom. The topological polar surface area (TPSA) is 59.8 Å². The van der Waals surface area contributed by atoms with Gasteiger partial charge in [-0.1, -0.05) is 11.6 Å². The van der Waals surface area contributed by atoms with Crippen LogP contribution in [0.5, 0.6) is 0 Å². The Balaban J connectivity index is 2.56. The lowest BCUT2D eigenvalue weighted by Crippen LogP contribution is -2.37. The minimum atomic E-state index is -6.02. The first kappa shape index (κ1) is 21.9. The van der Waals surface area contributed by atoms with Gasteiger partial charge in [0.25, 0.3) is 5.56 Å². The number of pyridine rings is 1. The Bertz CT molecular complexity index is 938. The number of alkyl halides is 8. The molecule has 2 aromatic rings. The Labute approximate surface area is 156 Å². The third-order valence-electron chi connectivity index (χ3n) is 3.40. The number of nitrogens with zero attached hydrogens (tertiary/aromatic N) is 3. The van der Waals surface area contributed by atoms with Crippen LogP contribution in [0.25, 0.3) is 0 Å². The van der Waals surface area contributed by atoms with Gasteiger partial charge in [0.15, 0.2) is 5.82 Å². The van der Waals surface area contributed by atoms with E-state index in [9.17, 15) is 39.9 Å². The maximum Gasteiger partial charge on any atom is 0.459 e. The van der Waals surface area contributed by atoms with Crippen molar-refractivity contribution in [1.29, 1.82) is 0 Å². The van der Waals surface area contributed by atoms with Crippen LogP contribution >= 0.6 is 11.6 Å². The Morgan fingerprint density at radius 2 is 1.71 bits per heavy atom. The van der Waals surface area contributed by atoms with E-state index < -0.39 is 51.9 Å². The lowest BCUT2D eigenvalue weighted by atomic mass is 10.2. The van der Waals surface area contributed by atoms with Gasteiger partial charge in [0.1, 0.15) is 5.69 Å². The average molecular weight is 437 g/mol. The van der Waals surface area contributed by atoms with E-state index >= 15 is 0 Å². The second kappa shape index (κ2) is 7.18.